The number of nitrogens with zero attached hydrogens (tertiary/aromatic N) is 2. The van der Waals surface area contributed by atoms with E-state index in [9.17, 15) is 0 Å². The Bertz CT molecular complexity index is 237. The molecule has 1 aliphatic carbocycles. The summed E-state index contributed by atoms with van der Waals surface area (Å²) in [7, 11) is 0. The first-order chi connectivity index (χ1) is 7.36. The van der Waals surface area contributed by atoms with Crippen LogP contribution in [0.15, 0.2) is 4.99 Å². The Labute approximate surface area is 91.8 Å². The first-order valence-electron chi connectivity index (χ1n) is 5.78. The average Bonchev–Trinajstić information content (AvgIpc) is 3.01. The summed E-state index contributed by atoms with van der Waals surface area (Å²) in [5.74, 6) is 0.928. The number of guanidine groups is 1. The molecule has 0 saturated heterocycles. The summed E-state index contributed by atoms with van der Waals surface area (Å²) in [6.45, 7) is 3.78. The van der Waals surface area contributed by atoms with Gasteiger partial charge in [-0.3, -0.25) is 4.99 Å². The first kappa shape index (κ1) is 11.8. The van der Waals surface area contributed by atoms with E-state index in [4.69, 9.17) is 5.26 Å². The second-order valence-corrected chi connectivity index (χ2v) is 3.79. The number of nitrogens with one attached hydrogen (secondary N) is 2. The van der Waals surface area contributed by atoms with Crippen molar-refractivity contribution in [3.63, 3.8) is 0 Å². The molecule has 0 amide bonds. The van der Waals surface area contributed by atoms with Crippen LogP contribution >= 0.6 is 0 Å². The molecule has 0 aromatic heterocycles. The normalized spacial score (nSPS) is 15.9. The molecule has 1 rings (SSSR count). The van der Waals surface area contributed by atoms with Crippen LogP contribution < -0.4 is 10.6 Å². The maximum Gasteiger partial charge on any atom is 0.191 e. The largest absolute Gasteiger partial charge is 0.357 e. The van der Waals surface area contributed by atoms with Crippen molar-refractivity contribution in [3.8, 4) is 6.07 Å². The van der Waals surface area contributed by atoms with Crippen LogP contribution in [0.2, 0.25) is 0 Å². The number of rotatable bonds is 6. The van der Waals surface area contributed by atoms with E-state index in [2.05, 4.69) is 28.6 Å². The van der Waals surface area contributed by atoms with Gasteiger partial charge in [-0.1, -0.05) is 0 Å². The zero-order valence-corrected chi connectivity index (χ0v) is 9.42. The van der Waals surface area contributed by atoms with E-state index >= 15 is 0 Å². The highest BCUT2D eigenvalue weighted by Crippen LogP contribution is 2.18. The summed E-state index contributed by atoms with van der Waals surface area (Å²) >= 11 is 0. The number of hydrogen-bond donors (Lipinski definition) is 2. The molecule has 4 nitrogen and oxygen atoms in total. The van der Waals surface area contributed by atoms with Crippen LogP contribution in [0.5, 0.6) is 0 Å². The van der Waals surface area contributed by atoms with Crippen molar-refractivity contribution in [3.05, 3.63) is 0 Å². The standard InChI is InChI=1S/C11H20N4/c1-2-13-11(15-10-6-7-10)14-9-5-3-4-8-12/h10H,2-7,9H2,1H3,(H2,13,14,15). The van der Waals surface area contributed by atoms with Crippen molar-refractivity contribution in [2.75, 3.05) is 13.1 Å². The highest BCUT2D eigenvalue weighted by atomic mass is 15.2. The fourth-order valence-electron chi connectivity index (χ4n) is 1.25. The van der Waals surface area contributed by atoms with E-state index in [0.29, 0.717) is 12.5 Å². The smallest absolute Gasteiger partial charge is 0.191 e. The zero-order chi connectivity index (χ0) is 10.9. The Morgan fingerprint density at radius 2 is 2.27 bits per heavy atom. The Balaban J connectivity index is 2.14. The zero-order valence-electron chi connectivity index (χ0n) is 9.42. The molecule has 84 valence electrons. The highest BCUT2D eigenvalue weighted by molar-refractivity contribution is 5.80. The van der Waals surface area contributed by atoms with Crippen LogP contribution in [0.1, 0.15) is 39.0 Å². The monoisotopic (exact) mass is 208 g/mol. The lowest BCUT2D eigenvalue weighted by Gasteiger charge is -2.09. The van der Waals surface area contributed by atoms with Crippen molar-refractivity contribution in [2.45, 2.75) is 45.1 Å². The molecule has 0 unspecified atom stereocenters. The number of unbranched alkanes of at least 4 members (excludes halogenated alkanes) is 2. The average molecular weight is 208 g/mol. The van der Waals surface area contributed by atoms with Crippen LogP contribution in [-0.4, -0.2) is 25.1 Å². The maximum atomic E-state index is 8.38. The lowest BCUT2D eigenvalue weighted by atomic mass is 10.2. The summed E-state index contributed by atoms with van der Waals surface area (Å²) in [5.41, 5.74) is 0. The van der Waals surface area contributed by atoms with Gasteiger partial charge in [0.1, 0.15) is 0 Å². The van der Waals surface area contributed by atoms with Crippen molar-refractivity contribution in [1.82, 2.24) is 10.6 Å². The van der Waals surface area contributed by atoms with E-state index in [0.717, 1.165) is 31.9 Å². The molecule has 0 aromatic carbocycles. The summed E-state index contributed by atoms with van der Waals surface area (Å²) in [4.78, 5) is 4.45. The molecular weight excluding hydrogens is 188 g/mol. The summed E-state index contributed by atoms with van der Waals surface area (Å²) < 4.78 is 0. The molecule has 0 radical (unpaired) electrons. The van der Waals surface area contributed by atoms with Crippen molar-refractivity contribution < 1.29 is 0 Å². The third-order valence-electron chi connectivity index (χ3n) is 2.23. The fourth-order valence-corrected chi connectivity index (χ4v) is 1.25. The summed E-state index contributed by atoms with van der Waals surface area (Å²) in [6.07, 6.45) is 5.11. The highest BCUT2D eigenvalue weighted by Gasteiger charge is 2.21. The van der Waals surface area contributed by atoms with Crippen molar-refractivity contribution in [2.24, 2.45) is 4.99 Å². The Hall–Kier alpha value is -1.24. The van der Waals surface area contributed by atoms with E-state index in [1.165, 1.54) is 12.8 Å². The minimum Gasteiger partial charge on any atom is -0.357 e. The van der Waals surface area contributed by atoms with Crippen LogP contribution in [0.4, 0.5) is 0 Å². The van der Waals surface area contributed by atoms with E-state index in [1.807, 2.05) is 0 Å². The molecule has 0 aliphatic heterocycles. The number of aliphatic imine (C=N–C) groups is 1. The molecule has 0 bridgehead atoms. The third-order valence-corrected chi connectivity index (χ3v) is 2.23. The minimum atomic E-state index is 0.641. The third kappa shape index (κ3) is 5.95. The van der Waals surface area contributed by atoms with Gasteiger partial charge in [-0.2, -0.15) is 5.26 Å². The fraction of sp³-hybridized carbons (Fsp3) is 0.818. The Kier molecular flexibility index (Phi) is 5.60. The predicted octanol–water partition coefficient (Wildman–Crippen LogP) is 1.40. The van der Waals surface area contributed by atoms with Gasteiger partial charge in [-0.15, -0.1) is 0 Å². The summed E-state index contributed by atoms with van der Waals surface area (Å²) in [5, 5.41) is 15.0. The van der Waals surface area contributed by atoms with Crippen LogP contribution in [-0.2, 0) is 0 Å². The van der Waals surface area contributed by atoms with Gasteiger partial charge in [0, 0.05) is 25.6 Å². The lowest BCUT2D eigenvalue weighted by Crippen LogP contribution is -2.38. The SMILES string of the molecule is CCNC(=NCCCCC#N)NC1CC1. The van der Waals surface area contributed by atoms with Gasteiger partial charge in [0.2, 0.25) is 0 Å². The number of hydrogen-bond acceptors (Lipinski definition) is 2. The molecule has 1 saturated carbocycles. The van der Waals surface area contributed by atoms with Crippen LogP contribution in [0, 0.1) is 11.3 Å². The Morgan fingerprint density at radius 3 is 2.87 bits per heavy atom. The van der Waals surface area contributed by atoms with Gasteiger partial charge in [0.25, 0.3) is 0 Å². The van der Waals surface area contributed by atoms with Crippen LogP contribution in [0.3, 0.4) is 0 Å². The molecule has 0 aromatic rings. The topological polar surface area (TPSA) is 60.2 Å². The summed E-state index contributed by atoms with van der Waals surface area (Å²) in [6, 6.07) is 2.78. The molecule has 15 heavy (non-hydrogen) atoms. The quantitative estimate of drug-likeness (QED) is 0.394. The minimum absolute atomic E-state index is 0.641. The molecule has 2 N–H and O–H groups in total. The van der Waals surface area contributed by atoms with Gasteiger partial charge < -0.3 is 10.6 Å². The van der Waals surface area contributed by atoms with E-state index in [-0.39, 0.29) is 0 Å². The molecule has 4 heteroatoms. The molecule has 0 atom stereocenters. The van der Waals surface area contributed by atoms with Gasteiger partial charge in [-0.05, 0) is 32.6 Å². The Morgan fingerprint density at radius 1 is 1.47 bits per heavy atom. The molecule has 1 aliphatic rings. The molecule has 0 heterocycles. The maximum absolute atomic E-state index is 8.38. The van der Waals surface area contributed by atoms with Gasteiger partial charge in [-0.25, -0.2) is 0 Å². The lowest BCUT2D eigenvalue weighted by molar-refractivity contribution is 0.745. The molecular formula is C11H20N4. The van der Waals surface area contributed by atoms with Gasteiger partial charge >= 0.3 is 0 Å². The van der Waals surface area contributed by atoms with Crippen LogP contribution in [0.25, 0.3) is 0 Å². The number of nitriles is 1. The van der Waals surface area contributed by atoms with Crippen molar-refractivity contribution >= 4 is 5.96 Å². The second-order valence-electron chi connectivity index (χ2n) is 3.79. The van der Waals surface area contributed by atoms with Gasteiger partial charge in [0.05, 0.1) is 6.07 Å². The van der Waals surface area contributed by atoms with Gasteiger partial charge in [0.15, 0.2) is 5.96 Å². The molecule has 0 spiro atoms. The first-order valence-corrected chi connectivity index (χ1v) is 5.78. The second kappa shape index (κ2) is 7.10. The van der Waals surface area contributed by atoms with E-state index in [1.54, 1.807) is 0 Å². The predicted molar refractivity (Wildman–Crippen MR) is 61.6 cm³/mol. The van der Waals surface area contributed by atoms with Crippen molar-refractivity contribution in [1.29, 1.82) is 5.26 Å². The van der Waals surface area contributed by atoms with E-state index < -0.39 is 0 Å². The molecule has 1 fully saturated rings.